The number of aromatic nitrogens is 4. The molecule has 0 aliphatic rings. The minimum atomic E-state index is 0.619. The van der Waals surface area contributed by atoms with Crippen molar-refractivity contribution in [2.24, 2.45) is 0 Å². The summed E-state index contributed by atoms with van der Waals surface area (Å²) < 4.78 is 9.04. The summed E-state index contributed by atoms with van der Waals surface area (Å²) in [5.74, 6) is 1.89. The van der Waals surface area contributed by atoms with Gasteiger partial charge in [-0.1, -0.05) is 127 Å². The van der Waals surface area contributed by atoms with E-state index in [-0.39, 0.29) is 0 Å². The molecule has 8 aromatic carbocycles. The molecule has 5 nitrogen and oxygen atoms in total. The maximum atomic E-state index is 6.64. The number of fused-ring (bicyclic) bond motifs is 9. The number of furan rings is 1. The highest BCUT2D eigenvalue weighted by atomic mass is 16.3. The van der Waals surface area contributed by atoms with Crippen LogP contribution >= 0.6 is 0 Å². The Morgan fingerprint density at radius 1 is 0.365 bits per heavy atom. The zero-order chi connectivity index (χ0) is 34.2. The first-order valence-electron chi connectivity index (χ1n) is 17.4. The molecule has 242 valence electrons. The fourth-order valence-electron chi connectivity index (χ4n) is 7.79. The highest BCUT2D eigenvalue weighted by Crippen LogP contribution is 2.42. The Hall–Kier alpha value is -7.11. The van der Waals surface area contributed by atoms with Crippen LogP contribution in [0.4, 0.5) is 0 Å². The molecular weight excluding hydrogens is 637 g/mol. The van der Waals surface area contributed by atoms with Crippen molar-refractivity contribution < 1.29 is 4.42 Å². The summed E-state index contributed by atoms with van der Waals surface area (Å²) in [4.78, 5) is 15.0. The Kier molecular flexibility index (Phi) is 6.18. The summed E-state index contributed by atoms with van der Waals surface area (Å²) >= 11 is 0. The molecule has 0 aliphatic carbocycles. The van der Waals surface area contributed by atoms with Gasteiger partial charge < -0.3 is 8.98 Å². The van der Waals surface area contributed by atoms with Crippen LogP contribution in [-0.4, -0.2) is 19.5 Å². The van der Waals surface area contributed by atoms with Gasteiger partial charge in [-0.05, 0) is 64.0 Å². The van der Waals surface area contributed by atoms with Crippen LogP contribution in [0.15, 0.2) is 174 Å². The lowest BCUT2D eigenvalue weighted by molar-refractivity contribution is 0.669. The average molecular weight is 665 g/mol. The van der Waals surface area contributed by atoms with Crippen molar-refractivity contribution in [1.82, 2.24) is 19.5 Å². The third kappa shape index (κ3) is 4.39. The van der Waals surface area contributed by atoms with Crippen molar-refractivity contribution in [2.45, 2.75) is 0 Å². The molecule has 0 bridgehead atoms. The molecule has 52 heavy (non-hydrogen) atoms. The Morgan fingerprint density at radius 3 is 1.73 bits per heavy atom. The monoisotopic (exact) mass is 664 g/mol. The molecule has 0 atom stereocenters. The first-order chi connectivity index (χ1) is 25.8. The second-order valence-corrected chi connectivity index (χ2v) is 13.2. The van der Waals surface area contributed by atoms with Crippen molar-refractivity contribution in [3.63, 3.8) is 0 Å². The molecule has 0 radical (unpaired) electrons. The number of benzene rings is 8. The van der Waals surface area contributed by atoms with Gasteiger partial charge in [-0.25, -0.2) is 15.0 Å². The smallest absolute Gasteiger partial charge is 0.164 e. The SMILES string of the molecule is c1ccc(-c2nc(-c3ccccc3)nc(-c3ccc4ccc5oc6cccc(-n7c8ccccc8c8cc9ccccc9cc87)c6c5c4c3)n2)cc1. The number of nitrogens with zero attached hydrogens (tertiary/aromatic N) is 4. The normalized spacial score (nSPS) is 11.8. The molecule has 0 unspecified atom stereocenters. The van der Waals surface area contributed by atoms with E-state index in [1.54, 1.807) is 0 Å². The average Bonchev–Trinajstić information content (AvgIpc) is 3.76. The molecule has 3 heterocycles. The number of hydrogen-bond donors (Lipinski definition) is 0. The van der Waals surface area contributed by atoms with Gasteiger partial charge in [-0.3, -0.25) is 0 Å². The summed E-state index contributed by atoms with van der Waals surface area (Å²) in [5.41, 5.74) is 7.86. The molecule has 0 N–H and O–H groups in total. The molecule has 5 heteroatoms. The van der Waals surface area contributed by atoms with Crippen LogP contribution in [-0.2, 0) is 0 Å². The fourth-order valence-corrected chi connectivity index (χ4v) is 7.79. The Balaban J connectivity index is 1.19. The van der Waals surface area contributed by atoms with Crippen LogP contribution in [0.3, 0.4) is 0 Å². The Morgan fingerprint density at radius 2 is 0.981 bits per heavy atom. The Bertz CT molecular complexity index is 3120. The summed E-state index contributed by atoms with van der Waals surface area (Å²) in [6.45, 7) is 0. The van der Waals surface area contributed by atoms with E-state index < -0.39 is 0 Å². The zero-order valence-corrected chi connectivity index (χ0v) is 27.9. The van der Waals surface area contributed by atoms with Gasteiger partial charge in [0.2, 0.25) is 0 Å². The second kappa shape index (κ2) is 11.2. The van der Waals surface area contributed by atoms with Gasteiger partial charge in [0, 0.05) is 32.8 Å². The lowest BCUT2D eigenvalue weighted by atomic mass is 10.00. The minimum Gasteiger partial charge on any atom is -0.456 e. The maximum Gasteiger partial charge on any atom is 0.164 e. The maximum absolute atomic E-state index is 6.64. The molecule has 0 saturated heterocycles. The lowest BCUT2D eigenvalue weighted by Gasteiger charge is -2.11. The van der Waals surface area contributed by atoms with Gasteiger partial charge in [0.15, 0.2) is 17.5 Å². The van der Waals surface area contributed by atoms with Crippen LogP contribution in [0, 0.1) is 0 Å². The third-order valence-electron chi connectivity index (χ3n) is 10.2. The molecular formula is C47H28N4O. The standard InChI is InChI=1S/C47H28N4O/c1-3-12-30(13-4-1)45-48-46(31-14-5-2-6-15-31)50-47(49-45)34-23-22-29-24-25-42-43(36(29)27-34)44-39(20-11-21-41(44)52-42)51-38-19-10-9-18-35(38)37-26-32-16-7-8-17-33(32)28-40(37)51/h1-28H. The summed E-state index contributed by atoms with van der Waals surface area (Å²) in [6, 6.07) is 59.2. The molecule has 0 fully saturated rings. The molecule has 3 aromatic heterocycles. The lowest BCUT2D eigenvalue weighted by Crippen LogP contribution is -2.00. The summed E-state index contributed by atoms with van der Waals surface area (Å²) in [5, 5.41) is 9.22. The second-order valence-electron chi connectivity index (χ2n) is 13.2. The highest BCUT2D eigenvalue weighted by Gasteiger charge is 2.20. The van der Waals surface area contributed by atoms with Gasteiger partial charge in [0.1, 0.15) is 11.2 Å². The predicted octanol–water partition coefficient (Wildman–Crippen LogP) is 12.2. The summed E-state index contributed by atoms with van der Waals surface area (Å²) in [6.07, 6.45) is 0. The van der Waals surface area contributed by atoms with Crippen molar-refractivity contribution in [3.05, 3.63) is 170 Å². The topological polar surface area (TPSA) is 56.7 Å². The van der Waals surface area contributed by atoms with Gasteiger partial charge in [-0.15, -0.1) is 0 Å². The van der Waals surface area contributed by atoms with Crippen LogP contribution < -0.4 is 0 Å². The van der Waals surface area contributed by atoms with E-state index in [4.69, 9.17) is 19.4 Å². The van der Waals surface area contributed by atoms with E-state index in [0.717, 1.165) is 66.1 Å². The minimum absolute atomic E-state index is 0.619. The number of para-hydroxylation sites is 1. The third-order valence-corrected chi connectivity index (χ3v) is 10.2. The molecule has 0 amide bonds. The van der Waals surface area contributed by atoms with E-state index in [2.05, 4.69) is 114 Å². The molecule has 0 saturated carbocycles. The van der Waals surface area contributed by atoms with E-state index >= 15 is 0 Å². The quantitative estimate of drug-likeness (QED) is 0.188. The molecule has 0 aliphatic heterocycles. The molecule has 11 rings (SSSR count). The summed E-state index contributed by atoms with van der Waals surface area (Å²) in [7, 11) is 0. The van der Waals surface area contributed by atoms with Gasteiger partial charge in [0.05, 0.1) is 22.1 Å². The van der Waals surface area contributed by atoms with Crippen LogP contribution in [0.5, 0.6) is 0 Å². The fraction of sp³-hybridized carbons (Fsp3) is 0. The largest absolute Gasteiger partial charge is 0.456 e. The number of hydrogen-bond acceptors (Lipinski definition) is 4. The van der Waals surface area contributed by atoms with Crippen LogP contribution in [0.1, 0.15) is 0 Å². The molecule has 11 aromatic rings. The first-order valence-corrected chi connectivity index (χ1v) is 17.4. The zero-order valence-electron chi connectivity index (χ0n) is 27.9. The predicted molar refractivity (Wildman–Crippen MR) is 213 cm³/mol. The number of rotatable bonds is 4. The van der Waals surface area contributed by atoms with E-state index in [1.165, 1.54) is 21.5 Å². The van der Waals surface area contributed by atoms with Crippen molar-refractivity contribution in [3.8, 4) is 39.9 Å². The van der Waals surface area contributed by atoms with Crippen LogP contribution in [0.25, 0.3) is 105 Å². The van der Waals surface area contributed by atoms with E-state index in [9.17, 15) is 0 Å². The van der Waals surface area contributed by atoms with Crippen molar-refractivity contribution in [1.29, 1.82) is 0 Å². The van der Waals surface area contributed by atoms with Crippen LogP contribution in [0.2, 0.25) is 0 Å². The van der Waals surface area contributed by atoms with E-state index in [0.29, 0.717) is 17.5 Å². The Labute approximate surface area is 298 Å². The first kappa shape index (κ1) is 28.7. The van der Waals surface area contributed by atoms with Gasteiger partial charge in [0.25, 0.3) is 0 Å². The van der Waals surface area contributed by atoms with Gasteiger partial charge in [-0.2, -0.15) is 0 Å². The van der Waals surface area contributed by atoms with Gasteiger partial charge >= 0.3 is 0 Å². The van der Waals surface area contributed by atoms with Crippen molar-refractivity contribution >= 4 is 65.3 Å². The van der Waals surface area contributed by atoms with Crippen molar-refractivity contribution in [2.75, 3.05) is 0 Å². The highest BCUT2D eigenvalue weighted by molar-refractivity contribution is 6.23. The van der Waals surface area contributed by atoms with E-state index in [1.807, 2.05) is 60.7 Å². The molecule has 0 spiro atoms.